The van der Waals surface area contributed by atoms with E-state index < -0.39 is 0 Å². The Morgan fingerprint density at radius 2 is 2.20 bits per heavy atom. The van der Waals surface area contributed by atoms with Gasteiger partial charge >= 0.3 is 0 Å². The Morgan fingerprint density at radius 3 is 2.73 bits per heavy atom. The van der Waals surface area contributed by atoms with Crippen LogP contribution in [-0.2, 0) is 0 Å². The monoisotopic (exact) mass is 207 g/mol. The Balaban J connectivity index is 2.68. The first kappa shape index (κ1) is 11.5. The lowest BCUT2D eigenvalue weighted by Crippen LogP contribution is -2.34. The summed E-state index contributed by atoms with van der Waals surface area (Å²) in [5.41, 5.74) is 6.50. The van der Waals surface area contributed by atoms with E-state index >= 15 is 0 Å². The third-order valence-electron chi connectivity index (χ3n) is 2.34. The molecule has 1 aromatic heterocycles. The highest BCUT2D eigenvalue weighted by molar-refractivity contribution is 5.93. The predicted molar refractivity (Wildman–Crippen MR) is 60.5 cm³/mol. The molecule has 1 amide bonds. The molecule has 4 nitrogen and oxygen atoms in total. The molecule has 0 bridgehead atoms. The van der Waals surface area contributed by atoms with E-state index in [2.05, 4.69) is 10.3 Å². The zero-order valence-electron chi connectivity index (χ0n) is 9.16. The first-order valence-electron chi connectivity index (χ1n) is 5.19. The van der Waals surface area contributed by atoms with Crippen molar-refractivity contribution in [1.29, 1.82) is 0 Å². The number of pyridine rings is 1. The average molecular weight is 207 g/mol. The summed E-state index contributed by atoms with van der Waals surface area (Å²) >= 11 is 0. The molecule has 0 unspecified atom stereocenters. The summed E-state index contributed by atoms with van der Waals surface area (Å²) in [6.07, 6.45) is 3.38. The SMILES string of the molecule is CCC(CC)NC(=O)c1cc(N)ccn1. The van der Waals surface area contributed by atoms with Crippen molar-refractivity contribution >= 4 is 11.6 Å². The number of hydrogen-bond acceptors (Lipinski definition) is 3. The van der Waals surface area contributed by atoms with E-state index in [9.17, 15) is 4.79 Å². The zero-order valence-corrected chi connectivity index (χ0v) is 9.16. The van der Waals surface area contributed by atoms with Gasteiger partial charge in [-0.25, -0.2) is 0 Å². The van der Waals surface area contributed by atoms with Gasteiger partial charge in [-0.15, -0.1) is 0 Å². The molecule has 0 atom stereocenters. The molecule has 1 aromatic rings. The van der Waals surface area contributed by atoms with Crippen LogP contribution < -0.4 is 11.1 Å². The Bertz CT molecular complexity index is 334. The van der Waals surface area contributed by atoms with Gasteiger partial charge in [0.15, 0.2) is 0 Å². The van der Waals surface area contributed by atoms with E-state index in [0.29, 0.717) is 11.4 Å². The molecule has 82 valence electrons. The van der Waals surface area contributed by atoms with Gasteiger partial charge in [-0.05, 0) is 25.0 Å². The number of carbonyl (C=O) groups excluding carboxylic acids is 1. The highest BCUT2D eigenvalue weighted by atomic mass is 16.1. The molecule has 0 aliphatic carbocycles. The molecule has 0 aliphatic heterocycles. The van der Waals surface area contributed by atoms with Gasteiger partial charge in [-0.1, -0.05) is 13.8 Å². The van der Waals surface area contributed by atoms with Crippen LogP contribution in [-0.4, -0.2) is 16.9 Å². The molecule has 3 N–H and O–H groups in total. The van der Waals surface area contributed by atoms with Crippen LogP contribution in [0.3, 0.4) is 0 Å². The fourth-order valence-corrected chi connectivity index (χ4v) is 1.32. The van der Waals surface area contributed by atoms with Crippen LogP contribution in [0.15, 0.2) is 18.3 Å². The zero-order chi connectivity index (χ0) is 11.3. The predicted octanol–water partition coefficient (Wildman–Crippen LogP) is 1.58. The van der Waals surface area contributed by atoms with Crippen molar-refractivity contribution < 1.29 is 4.79 Å². The van der Waals surface area contributed by atoms with Crippen molar-refractivity contribution in [1.82, 2.24) is 10.3 Å². The minimum absolute atomic E-state index is 0.156. The molecule has 1 heterocycles. The Hall–Kier alpha value is -1.58. The standard InChI is InChI=1S/C11H17N3O/c1-3-9(4-2)14-11(15)10-7-8(12)5-6-13-10/h5-7,9H,3-4H2,1-2H3,(H2,12,13)(H,14,15). The Kier molecular flexibility index (Phi) is 4.09. The molecule has 0 fully saturated rings. The lowest BCUT2D eigenvalue weighted by Gasteiger charge is -2.14. The van der Waals surface area contributed by atoms with Crippen LogP contribution in [0, 0.1) is 0 Å². The summed E-state index contributed by atoms with van der Waals surface area (Å²) < 4.78 is 0. The van der Waals surface area contributed by atoms with Crippen LogP contribution in [0.5, 0.6) is 0 Å². The number of carbonyl (C=O) groups is 1. The molecule has 15 heavy (non-hydrogen) atoms. The van der Waals surface area contributed by atoms with E-state index in [4.69, 9.17) is 5.73 Å². The summed E-state index contributed by atoms with van der Waals surface area (Å²) in [7, 11) is 0. The summed E-state index contributed by atoms with van der Waals surface area (Å²) in [6.45, 7) is 4.09. The molecule has 0 spiro atoms. The molecule has 1 rings (SSSR count). The highest BCUT2D eigenvalue weighted by Gasteiger charge is 2.11. The van der Waals surface area contributed by atoms with E-state index in [1.54, 1.807) is 12.1 Å². The van der Waals surface area contributed by atoms with Gasteiger partial charge in [0.25, 0.3) is 5.91 Å². The van der Waals surface area contributed by atoms with E-state index in [1.807, 2.05) is 13.8 Å². The molecule has 0 radical (unpaired) electrons. The fourth-order valence-electron chi connectivity index (χ4n) is 1.32. The summed E-state index contributed by atoms with van der Waals surface area (Å²) in [5.74, 6) is -0.156. The maximum atomic E-state index is 11.7. The van der Waals surface area contributed by atoms with Crippen molar-refractivity contribution in [2.24, 2.45) is 0 Å². The summed E-state index contributed by atoms with van der Waals surface area (Å²) in [4.78, 5) is 15.7. The maximum absolute atomic E-state index is 11.7. The van der Waals surface area contributed by atoms with Crippen molar-refractivity contribution in [2.75, 3.05) is 5.73 Å². The average Bonchev–Trinajstić information content (AvgIpc) is 2.25. The first-order chi connectivity index (χ1) is 7.17. The van der Waals surface area contributed by atoms with E-state index in [-0.39, 0.29) is 11.9 Å². The third kappa shape index (κ3) is 3.23. The molecular weight excluding hydrogens is 190 g/mol. The molecule has 0 aromatic carbocycles. The molecule has 4 heteroatoms. The quantitative estimate of drug-likeness (QED) is 0.787. The van der Waals surface area contributed by atoms with Crippen LogP contribution in [0.4, 0.5) is 5.69 Å². The fraction of sp³-hybridized carbons (Fsp3) is 0.455. The number of hydrogen-bond donors (Lipinski definition) is 2. The van der Waals surface area contributed by atoms with Crippen molar-refractivity contribution in [3.8, 4) is 0 Å². The maximum Gasteiger partial charge on any atom is 0.270 e. The highest BCUT2D eigenvalue weighted by Crippen LogP contribution is 2.04. The number of amides is 1. The van der Waals surface area contributed by atoms with Gasteiger partial charge in [-0.2, -0.15) is 0 Å². The largest absolute Gasteiger partial charge is 0.399 e. The number of nitrogens with one attached hydrogen (secondary N) is 1. The minimum Gasteiger partial charge on any atom is -0.399 e. The van der Waals surface area contributed by atoms with Crippen molar-refractivity contribution in [2.45, 2.75) is 32.7 Å². The second-order valence-electron chi connectivity index (χ2n) is 3.46. The summed E-state index contributed by atoms with van der Waals surface area (Å²) in [5, 5.41) is 2.90. The third-order valence-corrected chi connectivity index (χ3v) is 2.34. The Labute approximate surface area is 89.9 Å². The second kappa shape index (κ2) is 5.34. The number of nitrogen functional groups attached to an aromatic ring is 1. The van der Waals surface area contributed by atoms with Crippen LogP contribution in [0.1, 0.15) is 37.2 Å². The van der Waals surface area contributed by atoms with Gasteiger partial charge < -0.3 is 11.1 Å². The van der Waals surface area contributed by atoms with Crippen molar-refractivity contribution in [3.05, 3.63) is 24.0 Å². The van der Waals surface area contributed by atoms with Gasteiger partial charge in [0.1, 0.15) is 5.69 Å². The van der Waals surface area contributed by atoms with E-state index in [1.165, 1.54) is 6.20 Å². The van der Waals surface area contributed by atoms with Crippen LogP contribution in [0.2, 0.25) is 0 Å². The molecular formula is C11H17N3O. The van der Waals surface area contributed by atoms with Crippen LogP contribution in [0.25, 0.3) is 0 Å². The molecule has 0 saturated heterocycles. The van der Waals surface area contributed by atoms with Crippen LogP contribution >= 0.6 is 0 Å². The number of nitrogens with two attached hydrogens (primary N) is 1. The van der Waals surface area contributed by atoms with Gasteiger partial charge in [0.2, 0.25) is 0 Å². The van der Waals surface area contributed by atoms with Gasteiger partial charge in [0.05, 0.1) is 0 Å². The lowest BCUT2D eigenvalue weighted by atomic mass is 10.1. The number of rotatable bonds is 4. The molecule has 0 saturated carbocycles. The normalized spacial score (nSPS) is 10.3. The van der Waals surface area contributed by atoms with Gasteiger partial charge in [-0.3, -0.25) is 9.78 Å². The van der Waals surface area contributed by atoms with Gasteiger partial charge in [0, 0.05) is 17.9 Å². The molecule has 0 aliphatic rings. The number of nitrogens with zero attached hydrogens (tertiary/aromatic N) is 1. The number of anilines is 1. The lowest BCUT2D eigenvalue weighted by molar-refractivity contribution is 0.0930. The number of aromatic nitrogens is 1. The van der Waals surface area contributed by atoms with Crippen molar-refractivity contribution in [3.63, 3.8) is 0 Å². The minimum atomic E-state index is -0.156. The first-order valence-corrected chi connectivity index (χ1v) is 5.19. The second-order valence-corrected chi connectivity index (χ2v) is 3.46. The smallest absolute Gasteiger partial charge is 0.270 e. The Morgan fingerprint density at radius 1 is 1.53 bits per heavy atom. The summed E-state index contributed by atoms with van der Waals surface area (Å²) in [6, 6.07) is 3.45. The van der Waals surface area contributed by atoms with E-state index in [0.717, 1.165) is 12.8 Å². The topological polar surface area (TPSA) is 68.0 Å².